The summed E-state index contributed by atoms with van der Waals surface area (Å²) in [6.07, 6.45) is 4.76. The predicted molar refractivity (Wildman–Crippen MR) is 94.4 cm³/mol. The minimum atomic E-state index is 0.524. The van der Waals surface area contributed by atoms with Gasteiger partial charge in [-0.2, -0.15) is 4.68 Å². The van der Waals surface area contributed by atoms with Crippen molar-refractivity contribution in [2.75, 3.05) is 12.4 Å². The third-order valence-electron chi connectivity index (χ3n) is 3.37. The number of thioether (sulfide) groups is 1. The smallest absolute Gasteiger partial charge is 0.214 e. The van der Waals surface area contributed by atoms with Gasteiger partial charge in [-0.25, -0.2) is 0 Å². The number of nitrogens with zero attached hydrogens (tertiary/aromatic N) is 5. The van der Waals surface area contributed by atoms with Crippen LogP contribution in [0.5, 0.6) is 5.75 Å². The van der Waals surface area contributed by atoms with Gasteiger partial charge >= 0.3 is 0 Å². The zero-order valence-corrected chi connectivity index (χ0v) is 14.9. The van der Waals surface area contributed by atoms with Crippen LogP contribution in [-0.4, -0.2) is 43.5 Å². The Morgan fingerprint density at radius 3 is 2.75 bits per heavy atom. The van der Waals surface area contributed by atoms with Gasteiger partial charge in [0, 0.05) is 5.75 Å². The number of aromatic nitrogens is 4. The fourth-order valence-electron chi connectivity index (χ4n) is 2.03. The van der Waals surface area contributed by atoms with Crippen molar-refractivity contribution in [3.63, 3.8) is 0 Å². The largest absolute Gasteiger partial charge is 0.494 e. The first-order valence-electron chi connectivity index (χ1n) is 8.06. The number of ether oxygens (including phenoxy) is 1. The first-order valence-corrected chi connectivity index (χ1v) is 9.05. The molecule has 0 saturated heterocycles. The van der Waals surface area contributed by atoms with Crippen molar-refractivity contribution >= 4 is 17.5 Å². The van der Waals surface area contributed by atoms with Crippen LogP contribution in [0.2, 0.25) is 0 Å². The highest BCUT2D eigenvalue weighted by molar-refractivity contribution is 7.99. The molecular weight excluding hydrogens is 326 g/mol. The second-order valence-corrected chi connectivity index (χ2v) is 6.34. The summed E-state index contributed by atoms with van der Waals surface area (Å²) in [7, 11) is 0. The van der Waals surface area contributed by atoms with Crippen molar-refractivity contribution in [2.45, 2.75) is 44.7 Å². The third-order valence-corrected chi connectivity index (χ3v) is 4.44. The molecule has 130 valence electrons. The van der Waals surface area contributed by atoms with Gasteiger partial charge in [-0.15, -0.1) is 5.10 Å². The fourth-order valence-corrected chi connectivity index (χ4v) is 2.79. The minimum Gasteiger partial charge on any atom is -0.494 e. The Labute approximate surface area is 146 Å². The van der Waals surface area contributed by atoms with Crippen LogP contribution in [0.25, 0.3) is 5.69 Å². The molecule has 0 radical (unpaired) electrons. The summed E-state index contributed by atoms with van der Waals surface area (Å²) in [4.78, 5) is 0. The fraction of sp³-hybridized carbons (Fsp3) is 0.500. The number of tetrazole rings is 1. The number of rotatable bonds is 10. The molecule has 1 heterocycles. The third kappa shape index (κ3) is 5.52. The molecule has 24 heavy (non-hydrogen) atoms. The van der Waals surface area contributed by atoms with E-state index in [0.717, 1.165) is 24.5 Å². The lowest BCUT2D eigenvalue weighted by Gasteiger charge is -2.08. The quantitative estimate of drug-likeness (QED) is 0.232. The first kappa shape index (κ1) is 18.3. The van der Waals surface area contributed by atoms with Crippen molar-refractivity contribution in [3.05, 3.63) is 24.3 Å². The second kappa shape index (κ2) is 9.92. The SMILES string of the molecule is CCCCCCOc1ccc(-n2nnnc2SC/C(C)=N/O)cc1. The maximum absolute atomic E-state index is 8.70. The van der Waals surface area contributed by atoms with E-state index in [9.17, 15) is 0 Å². The van der Waals surface area contributed by atoms with E-state index in [4.69, 9.17) is 9.94 Å². The summed E-state index contributed by atoms with van der Waals surface area (Å²) in [6.45, 7) is 4.68. The molecular formula is C16H23N5O2S. The highest BCUT2D eigenvalue weighted by Gasteiger charge is 2.09. The molecule has 7 nitrogen and oxygen atoms in total. The van der Waals surface area contributed by atoms with Crippen LogP contribution in [0.4, 0.5) is 0 Å². The van der Waals surface area contributed by atoms with E-state index in [1.807, 2.05) is 24.3 Å². The average Bonchev–Trinajstić information content (AvgIpc) is 3.08. The van der Waals surface area contributed by atoms with Gasteiger partial charge in [0.15, 0.2) is 0 Å². The van der Waals surface area contributed by atoms with E-state index >= 15 is 0 Å². The van der Waals surface area contributed by atoms with Gasteiger partial charge in [0.05, 0.1) is 18.0 Å². The zero-order valence-electron chi connectivity index (χ0n) is 14.1. The van der Waals surface area contributed by atoms with E-state index in [1.165, 1.54) is 31.0 Å². The van der Waals surface area contributed by atoms with E-state index in [2.05, 4.69) is 27.6 Å². The molecule has 0 amide bonds. The topological polar surface area (TPSA) is 85.4 Å². The van der Waals surface area contributed by atoms with Crippen molar-refractivity contribution in [1.29, 1.82) is 0 Å². The minimum absolute atomic E-state index is 0.524. The van der Waals surface area contributed by atoms with Gasteiger partial charge in [0.25, 0.3) is 0 Å². The average molecular weight is 349 g/mol. The lowest BCUT2D eigenvalue weighted by atomic mass is 10.2. The summed E-state index contributed by atoms with van der Waals surface area (Å²) >= 11 is 1.41. The molecule has 2 aromatic rings. The molecule has 0 bridgehead atoms. The number of unbranched alkanes of at least 4 members (excludes halogenated alkanes) is 3. The molecule has 0 aliphatic carbocycles. The van der Waals surface area contributed by atoms with E-state index in [1.54, 1.807) is 11.6 Å². The molecule has 0 saturated carbocycles. The summed E-state index contributed by atoms with van der Waals surface area (Å²) in [6, 6.07) is 7.70. The molecule has 2 rings (SSSR count). The molecule has 0 aliphatic heterocycles. The lowest BCUT2D eigenvalue weighted by Crippen LogP contribution is -2.02. The van der Waals surface area contributed by atoms with Gasteiger partial charge in [-0.3, -0.25) is 0 Å². The Morgan fingerprint density at radius 2 is 2.04 bits per heavy atom. The molecule has 1 aromatic carbocycles. The second-order valence-electron chi connectivity index (χ2n) is 5.40. The van der Waals surface area contributed by atoms with Crippen LogP contribution >= 0.6 is 11.8 Å². The number of hydrogen-bond acceptors (Lipinski definition) is 7. The van der Waals surface area contributed by atoms with Crippen molar-refractivity contribution in [1.82, 2.24) is 20.2 Å². The lowest BCUT2D eigenvalue weighted by molar-refractivity contribution is 0.305. The molecule has 0 fully saturated rings. The Balaban J connectivity index is 1.92. The summed E-state index contributed by atoms with van der Waals surface area (Å²) in [5.74, 6) is 1.37. The molecule has 0 atom stereocenters. The standard InChI is InChI=1S/C16H23N5O2S/c1-3-4-5-6-11-23-15-9-7-14(8-10-15)21-16(17-19-20-21)24-12-13(2)18-22/h7-10,22H,3-6,11-12H2,1-2H3/b18-13+. The molecule has 1 aromatic heterocycles. The highest BCUT2D eigenvalue weighted by atomic mass is 32.2. The van der Waals surface area contributed by atoms with Crippen LogP contribution in [0.3, 0.4) is 0 Å². The maximum atomic E-state index is 8.70. The van der Waals surface area contributed by atoms with Gasteiger partial charge in [-0.05, 0) is 48.0 Å². The van der Waals surface area contributed by atoms with Crippen molar-refractivity contribution in [3.8, 4) is 11.4 Å². The Kier molecular flexibility index (Phi) is 7.54. The maximum Gasteiger partial charge on any atom is 0.214 e. The molecule has 1 N–H and O–H groups in total. The number of benzene rings is 1. The van der Waals surface area contributed by atoms with Crippen LogP contribution in [0, 0.1) is 0 Å². The summed E-state index contributed by atoms with van der Waals surface area (Å²) in [5.41, 5.74) is 1.47. The summed E-state index contributed by atoms with van der Waals surface area (Å²) < 4.78 is 7.39. The molecule has 0 spiro atoms. The highest BCUT2D eigenvalue weighted by Crippen LogP contribution is 2.20. The Bertz CT molecular complexity index is 642. The normalized spacial score (nSPS) is 11.7. The molecule has 8 heteroatoms. The van der Waals surface area contributed by atoms with Gasteiger partial charge < -0.3 is 9.94 Å². The van der Waals surface area contributed by atoms with Crippen LogP contribution in [-0.2, 0) is 0 Å². The molecule has 0 aliphatic rings. The predicted octanol–water partition coefficient (Wildman–Crippen LogP) is 3.56. The van der Waals surface area contributed by atoms with E-state index in [0.29, 0.717) is 16.6 Å². The number of oxime groups is 1. The van der Waals surface area contributed by atoms with Crippen LogP contribution < -0.4 is 4.74 Å². The van der Waals surface area contributed by atoms with Gasteiger partial charge in [0.1, 0.15) is 5.75 Å². The number of hydrogen-bond donors (Lipinski definition) is 1. The first-order chi connectivity index (χ1) is 11.7. The van der Waals surface area contributed by atoms with Gasteiger partial charge in [-0.1, -0.05) is 43.1 Å². The van der Waals surface area contributed by atoms with Crippen molar-refractivity contribution in [2.24, 2.45) is 5.16 Å². The monoisotopic (exact) mass is 349 g/mol. The Morgan fingerprint density at radius 1 is 1.25 bits per heavy atom. The Hall–Kier alpha value is -2.09. The molecule has 0 unspecified atom stereocenters. The summed E-state index contributed by atoms with van der Waals surface area (Å²) in [5, 5.41) is 24.2. The van der Waals surface area contributed by atoms with Crippen LogP contribution in [0.15, 0.2) is 34.6 Å². The van der Waals surface area contributed by atoms with E-state index in [-0.39, 0.29) is 0 Å². The van der Waals surface area contributed by atoms with Gasteiger partial charge in [0.2, 0.25) is 5.16 Å². The van der Waals surface area contributed by atoms with Crippen molar-refractivity contribution < 1.29 is 9.94 Å². The zero-order chi connectivity index (χ0) is 17.2. The van der Waals surface area contributed by atoms with Crippen LogP contribution in [0.1, 0.15) is 39.5 Å². The van der Waals surface area contributed by atoms with E-state index < -0.39 is 0 Å².